The third-order valence-corrected chi connectivity index (χ3v) is 0.893. The van der Waals surface area contributed by atoms with E-state index in [1.807, 2.05) is 0 Å². The maximum absolute atomic E-state index is 9.00. The van der Waals surface area contributed by atoms with Crippen molar-refractivity contribution >= 4 is 11.9 Å². The van der Waals surface area contributed by atoms with Crippen molar-refractivity contribution in [1.82, 2.24) is 0 Å². The molecule has 8 heteroatoms. The number of rotatable bonds is 6. The van der Waals surface area contributed by atoms with Crippen LogP contribution in [0, 0.1) is 0 Å². The minimum Gasteiger partial charge on any atom is -0.481 e. The first-order valence-electron chi connectivity index (χ1n) is 5.77. The summed E-state index contributed by atoms with van der Waals surface area (Å²) in [5, 5.41) is 38.8. The summed E-state index contributed by atoms with van der Waals surface area (Å²) < 4.78 is 4.90. The molecule has 5 N–H and O–H groups in total. The van der Waals surface area contributed by atoms with Gasteiger partial charge in [-0.05, 0) is 0 Å². The summed E-state index contributed by atoms with van der Waals surface area (Å²) in [5.41, 5.74) is 0. The molecule has 8 nitrogen and oxygen atoms in total. The number of carboxylic acid groups (broad SMARTS) is 2. The average Bonchev–Trinajstić information content (AvgIpc) is 2.38. The van der Waals surface area contributed by atoms with Gasteiger partial charge in [-0.15, -0.1) is 13.2 Å². The number of aliphatic hydroxyl groups excluding tert-OH is 3. The van der Waals surface area contributed by atoms with E-state index < -0.39 is 18.0 Å². The Balaban J connectivity index is -0.0000000948. The molecule has 0 spiro atoms. The zero-order chi connectivity index (χ0) is 17.7. The molecule has 0 fully saturated rings. The molecule has 0 aromatic rings. The second kappa shape index (κ2) is 26.8. The van der Waals surface area contributed by atoms with Crippen molar-refractivity contribution in [2.75, 3.05) is 26.4 Å². The number of hydrogen-bond donors (Lipinski definition) is 5. The van der Waals surface area contributed by atoms with E-state index in [0.29, 0.717) is 13.2 Å². The topological polar surface area (TPSA) is 145 Å². The molecular weight excluding hydrogens is 284 g/mol. The van der Waals surface area contributed by atoms with Gasteiger partial charge >= 0.3 is 0 Å². The fourth-order valence-corrected chi connectivity index (χ4v) is 0.292. The van der Waals surface area contributed by atoms with Gasteiger partial charge < -0.3 is 30.3 Å². The highest BCUT2D eigenvalue weighted by Gasteiger charge is 1.93. The smallest absolute Gasteiger partial charge is 0.300 e. The van der Waals surface area contributed by atoms with E-state index in [1.165, 1.54) is 0 Å². The van der Waals surface area contributed by atoms with Gasteiger partial charge in [-0.1, -0.05) is 12.2 Å². The van der Waals surface area contributed by atoms with E-state index in [1.54, 1.807) is 12.2 Å². The molecule has 0 aromatic carbocycles. The van der Waals surface area contributed by atoms with Gasteiger partial charge in [-0.3, -0.25) is 9.59 Å². The molecule has 0 aliphatic heterocycles. The lowest BCUT2D eigenvalue weighted by Crippen LogP contribution is -2.15. The summed E-state index contributed by atoms with van der Waals surface area (Å²) in [5.74, 6) is -1.67. The molecule has 0 unspecified atom stereocenters. The van der Waals surface area contributed by atoms with E-state index in [-0.39, 0.29) is 13.2 Å². The van der Waals surface area contributed by atoms with Crippen LogP contribution in [0.1, 0.15) is 13.8 Å². The van der Waals surface area contributed by atoms with Crippen LogP contribution in [-0.2, 0) is 14.3 Å². The normalized spacial score (nSPS) is 7.90. The third-order valence-electron chi connectivity index (χ3n) is 0.893. The maximum atomic E-state index is 9.00. The lowest BCUT2D eigenvalue weighted by molar-refractivity contribution is -0.135. The summed E-state index contributed by atoms with van der Waals surface area (Å²) >= 11 is 0. The monoisotopic (exact) mass is 310 g/mol. The van der Waals surface area contributed by atoms with Crippen molar-refractivity contribution in [3.05, 3.63) is 25.3 Å². The Bertz CT molecular complexity index is 221. The molecular formula is C13H26O8. The van der Waals surface area contributed by atoms with E-state index >= 15 is 0 Å². The predicted molar refractivity (Wildman–Crippen MR) is 78.0 cm³/mol. The second-order valence-electron chi connectivity index (χ2n) is 3.17. The first kappa shape index (κ1) is 27.6. The van der Waals surface area contributed by atoms with Crippen LogP contribution >= 0.6 is 0 Å². The van der Waals surface area contributed by atoms with Crippen LogP contribution < -0.4 is 0 Å². The average molecular weight is 310 g/mol. The van der Waals surface area contributed by atoms with Gasteiger partial charge in [-0.2, -0.15) is 0 Å². The summed E-state index contributed by atoms with van der Waals surface area (Å²) in [6.07, 6.45) is 2.47. The van der Waals surface area contributed by atoms with Crippen molar-refractivity contribution in [2.24, 2.45) is 0 Å². The Labute approximate surface area is 124 Å². The Morgan fingerprint density at radius 2 is 1.24 bits per heavy atom. The Hall–Kier alpha value is -1.74. The Morgan fingerprint density at radius 3 is 1.33 bits per heavy atom. The summed E-state index contributed by atoms with van der Waals surface area (Å²) in [6, 6.07) is 0. The Kier molecular flexibility index (Phi) is 35.1. The molecule has 0 heterocycles. The first-order valence-corrected chi connectivity index (χ1v) is 5.77. The minimum absolute atomic E-state index is 0.365. The second-order valence-corrected chi connectivity index (χ2v) is 3.17. The molecule has 0 aliphatic carbocycles. The van der Waals surface area contributed by atoms with Gasteiger partial charge in [0, 0.05) is 13.8 Å². The van der Waals surface area contributed by atoms with E-state index in [0.717, 1.165) is 13.8 Å². The molecule has 0 atom stereocenters. The van der Waals surface area contributed by atoms with Crippen LogP contribution in [0.2, 0.25) is 0 Å². The summed E-state index contributed by atoms with van der Waals surface area (Å²) in [7, 11) is 0. The number of aliphatic hydroxyl groups is 3. The fourth-order valence-electron chi connectivity index (χ4n) is 0.292. The maximum Gasteiger partial charge on any atom is 0.300 e. The van der Waals surface area contributed by atoms with Gasteiger partial charge in [-0.25, -0.2) is 0 Å². The highest BCUT2D eigenvalue weighted by molar-refractivity contribution is 5.63. The molecule has 21 heavy (non-hydrogen) atoms. The van der Waals surface area contributed by atoms with Crippen LogP contribution in [0.3, 0.4) is 0 Å². The van der Waals surface area contributed by atoms with Gasteiger partial charge in [0.15, 0.2) is 0 Å². The molecule has 0 saturated carbocycles. The van der Waals surface area contributed by atoms with Crippen molar-refractivity contribution in [1.29, 1.82) is 0 Å². The molecule has 0 saturated heterocycles. The highest BCUT2D eigenvalue weighted by atomic mass is 16.5. The summed E-state index contributed by atoms with van der Waals surface area (Å²) in [4.78, 5) is 18.0. The highest BCUT2D eigenvalue weighted by Crippen LogP contribution is 1.73. The first-order chi connectivity index (χ1) is 9.69. The van der Waals surface area contributed by atoms with Gasteiger partial charge in [0.05, 0.1) is 26.4 Å². The zero-order valence-corrected chi connectivity index (χ0v) is 12.4. The van der Waals surface area contributed by atoms with Crippen molar-refractivity contribution in [3.8, 4) is 0 Å². The van der Waals surface area contributed by atoms with Crippen LogP contribution in [0.4, 0.5) is 0 Å². The van der Waals surface area contributed by atoms with E-state index in [2.05, 4.69) is 13.2 Å². The largest absolute Gasteiger partial charge is 0.481 e. The number of ether oxygens (including phenoxy) is 1. The van der Waals surface area contributed by atoms with E-state index in [9.17, 15) is 0 Å². The van der Waals surface area contributed by atoms with Crippen molar-refractivity contribution in [2.45, 2.75) is 20.0 Å². The van der Waals surface area contributed by atoms with Gasteiger partial charge in [0.2, 0.25) is 0 Å². The van der Waals surface area contributed by atoms with Crippen LogP contribution in [0.25, 0.3) is 0 Å². The van der Waals surface area contributed by atoms with Gasteiger partial charge in [0.25, 0.3) is 11.9 Å². The van der Waals surface area contributed by atoms with Crippen LogP contribution in [0.5, 0.6) is 0 Å². The molecule has 0 amide bonds. The SMILES string of the molecule is C=CCOCC=C.CC(=O)O.CC(=O)O.OCC(O)CO. The lowest BCUT2D eigenvalue weighted by atomic mass is 10.4. The Morgan fingerprint density at radius 1 is 1.00 bits per heavy atom. The minimum atomic E-state index is -0.954. The van der Waals surface area contributed by atoms with Crippen LogP contribution in [-0.4, -0.2) is 70.0 Å². The third kappa shape index (κ3) is 123. The molecule has 0 rings (SSSR count). The van der Waals surface area contributed by atoms with Gasteiger partial charge in [0.1, 0.15) is 6.10 Å². The molecule has 0 aliphatic rings. The number of carboxylic acids is 2. The quantitative estimate of drug-likeness (QED) is 0.337. The standard InChI is InChI=1S/C6H10O.C3H8O3.2C2H4O2/c1-3-5-7-6-4-2;4-1-3(6)2-5;2*1-2(3)4/h3-4H,1-2,5-6H2;3-6H,1-2H2;2*1H3,(H,3,4). The number of hydrogen-bond acceptors (Lipinski definition) is 6. The lowest BCUT2D eigenvalue weighted by Gasteiger charge is -1.96. The molecule has 0 bridgehead atoms. The molecule has 126 valence electrons. The van der Waals surface area contributed by atoms with E-state index in [4.69, 9.17) is 39.9 Å². The zero-order valence-electron chi connectivity index (χ0n) is 12.4. The number of aliphatic carboxylic acids is 2. The number of carbonyl (C=O) groups is 2. The van der Waals surface area contributed by atoms with Crippen LogP contribution in [0.15, 0.2) is 25.3 Å². The summed E-state index contributed by atoms with van der Waals surface area (Å²) in [6.45, 7) is 9.62. The molecule has 0 aromatic heterocycles. The van der Waals surface area contributed by atoms with Crippen molar-refractivity contribution in [3.63, 3.8) is 0 Å². The van der Waals surface area contributed by atoms with Crippen molar-refractivity contribution < 1.29 is 39.9 Å². The molecule has 0 radical (unpaired) electrons. The fraction of sp³-hybridized carbons (Fsp3) is 0.538. The predicted octanol–water partition coefficient (Wildman–Crippen LogP) is -0.111.